The van der Waals surface area contributed by atoms with Gasteiger partial charge in [-0.25, -0.2) is 0 Å². The molecular formula is C10H21N3O3. The van der Waals surface area contributed by atoms with Crippen LogP contribution in [0.2, 0.25) is 0 Å². The Hall–Kier alpha value is -0.850. The summed E-state index contributed by atoms with van der Waals surface area (Å²) in [7, 11) is 0. The van der Waals surface area contributed by atoms with Crippen LogP contribution in [-0.4, -0.2) is 59.0 Å². The van der Waals surface area contributed by atoms with Crippen molar-refractivity contribution in [3.63, 3.8) is 0 Å². The summed E-state index contributed by atoms with van der Waals surface area (Å²) in [6.45, 7) is 5.17. The highest BCUT2D eigenvalue weighted by molar-refractivity contribution is 5.85. The van der Waals surface area contributed by atoms with Crippen LogP contribution in [-0.2, 0) is 4.74 Å². The molecule has 16 heavy (non-hydrogen) atoms. The summed E-state index contributed by atoms with van der Waals surface area (Å²) in [6, 6.07) is 0.103. The zero-order valence-electron chi connectivity index (χ0n) is 9.83. The van der Waals surface area contributed by atoms with Crippen LogP contribution in [0.1, 0.15) is 20.3 Å². The molecule has 3 atom stereocenters. The van der Waals surface area contributed by atoms with Gasteiger partial charge in [0.15, 0.2) is 5.84 Å². The Bertz CT molecular complexity index is 247. The number of oxime groups is 1. The van der Waals surface area contributed by atoms with E-state index in [0.717, 1.165) is 6.42 Å². The summed E-state index contributed by atoms with van der Waals surface area (Å²) in [5, 5.41) is 20.9. The zero-order chi connectivity index (χ0) is 12.1. The summed E-state index contributed by atoms with van der Waals surface area (Å²) < 4.78 is 5.44. The topological polar surface area (TPSA) is 91.3 Å². The number of morpholine rings is 1. The van der Waals surface area contributed by atoms with Crippen molar-refractivity contribution in [1.82, 2.24) is 4.90 Å². The van der Waals surface area contributed by atoms with Gasteiger partial charge in [0.05, 0.1) is 25.4 Å². The molecule has 94 valence electrons. The Labute approximate surface area is 95.7 Å². The smallest absolute Gasteiger partial charge is 0.156 e. The van der Waals surface area contributed by atoms with Crippen LogP contribution >= 0.6 is 0 Å². The number of amidine groups is 1. The molecule has 1 fully saturated rings. The molecule has 1 heterocycles. The number of nitrogens with zero attached hydrogens (tertiary/aromatic N) is 2. The van der Waals surface area contributed by atoms with Gasteiger partial charge in [-0.15, -0.1) is 0 Å². The van der Waals surface area contributed by atoms with Crippen LogP contribution in [0, 0.1) is 0 Å². The second-order valence-electron chi connectivity index (χ2n) is 4.13. The van der Waals surface area contributed by atoms with E-state index in [0.29, 0.717) is 13.2 Å². The summed E-state index contributed by atoms with van der Waals surface area (Å²) in [6.07, 6.45) is 0.579. The maximum atomic E-state index is 9.08. The first-order chi connectivity index (χ1) is 7.63. The average molecular weight is 231 g/mol. The van der Waals surface area contributed by atoms with Crippen LogP contribution in [0.15, 0.2) is 5.16 Å². The zero-order valence-corrected chi connectivity index (χ0v) is 9.83. The molecule has 1 aliphatic heterocycles. The van der Waals surface area contributed by atoms with Gasteiger partial charge in [-0.1, -0.05) is 12.1 Å². The Morgan fingerprint density at radius 1 is 1.69 bits per heavy atom. The van der Waals surface area contributed by atoms with Gasteiger partial charge in [-0.05, 0) is 13.3 Å². The van der Waals surface area contributed by atoms with Crippen molar-refractivity contribution in [3.8, 4) is 0 Å². The van der Waals surface area contributed by atoms with Crippen LogP contribution < -0.4 is 5.73 Å². The number of ether oxygens (including phenoxy) is 1. The van der Waals surface area contributed by atoms with Gasteiger partial charge in [0, 0.05) is 12.6 Å². The maximum absolute atomic E-state index is 9.08. The predicted octanol–water partition coefficient (Wildman–Crippen LogP) is -0.407. The van der Waals surface area contributed by atoms with Crippen LogP contribution in [0.4, 0.5) is 0 Å². The van der Waals surface area contributed by atoms with Crippen molar-refractivity contribution < 1.29 is 15.1 Å². The minimum Gasteiger partial charge on any atom is -0.409 e. The quantitative estimate of drug-likeness (QED) is 0.265. The third-order valence-electron chi connectivity index (χ3n) is 3.00. The first-order valence-corrected chi connectivity index (χ1v) is 5.59. The molecular weight excluding hydrogens is 210 g/mol. The summed E-state index contributed by atoms with van der Waals surface area (Å²) in [4.78, 5) is 2.11. The van der Waals surface area contributed by atoms with E-state index in [1.165, 1.54) is 0 Å². The Morgan fingerprint density at radius 2 is 2.38 bits per heavy atom. The lowest BCUT2D eigenvalue weighted by Crippen LogP contribution is -2.57. The van der Waals surface area contributed by atoms with E-state index in [2.05, 4.69) is 10.1 Å². The number of hydrogen-bond donors (Lipinski definition) is 3. The van der Waals surface area contributed by atoms with E-state index in [1.807, 2.05) is 13.8 Å². The number of aliphatic hydroxyl groups excluding tert-OH is 1. The fraction of sp³-hybridized carbons (Fsp3) is 0.900. The molecule has 3 unspecified atom stereocenters. The third kappa shape index (κ3) is 2.84. The molecule has 0 aromatic rings. The fourth-order valence-corrected chi connectivity index (χ4v) is 2.06. The summed E-state index contributed by atoms with van der Waals surface area (Å²) in [5.41, 5.74) is 5.66. The third-order valence-corrected chi connectivity index (χ3v) is 3.00. The lowest BCUT2D eigenvalue weighted by atomic mass is 10.1. The largest absolute Gasteiger partial charge is 0.409 e. The van der Waals surface area contributed by atoms with E-state index in [1.54, 1.807) is 0 Å². The lowest BCUT2D eigenvalue weighted by molar-refractivity contribution is -0.0841. The van der Waals surface area contributed by atoms with Crippen molar-refractivity contribution in [1.29, 1.82) is 0 Å². The molecule has 1 aliphatic rings. The van der Waals surface area contributed by atoms with Crippen molar-refractivity contribution in [2.45, 2.75) is 38.5 Å². The van der Waals surface area contributed by atoms with Crippen molar-refractivity contribution in [2.24, 2.45) is 10.9 Å². The maximum Gasteiger partial charge on any atom is 0.156 e. The molecule has 0 aliphatic carbocycles. The van der Waals surface area contributed by atoms with Crippen molar-refractivity contribution >= 4 is 5.84 Å². The van der Waals surface area contributed by atoms with Crippen molar-refractivity contribution in [3.05, 3.63) is 0 Å². The summed E-state index contributed by atoms with van der Waals surface area (Å²) >= 11 is 0. The first-order valence-electron chi connectivity index (χ1n) is 5.59. The fourth-order valence-electron chi connectivity index (χ4n) is 2.06. The highest BCUT2D eigenvalue weighted by Crippen LogP contribution is 2.17. The van der Waals surface area contributed by atoms with Gasteiger partial charge in [-0.2, -0.15) is 0 Å². The Morgan fingerprint density at radius 3 is 2.88 bits per heavy atom. The first kappa shape index (κ1) is 13.2. The van der Waals surface area contributed by atoms with E-state index >= 15 is 0 Å². The van der Waals surface area contributed by atoms with E-state index in [-0.39, 0.29) is 30.6 Å². The molecule has 0 aromatic heterocycles. The lowest BCUT2D eigenvalue weighted by Gasteiger charge is -2.41. The minimum absolute atomic E-state index is 0.00414. The Kier molecular flexibility index (Phi) is 4.98. The molecule has 0 amide bonds. The molecule has 0 spiro atoms. The molecule has 6 nitrogen and oxygen atoms in total. The van der Waals surface area contributed by atoms with Crippen molar-refractivity contribution in [2.75, 3.05) is 19.8 Å². The van der Waals surface area contributed by atoms with Crippen LogP contribution in [0.3, 0.4) is 0 Å². The van der Waals surface area contributed by atoms with Gasteiger partial charge in [0.2, 0.25) is 0 Å². The number of nitrogens with two attached hydrogens (primary N) is 1. The second-order valence-corrected chi connectivity index (χ2v) is 4.13. The highest BCUT2D eigenvalue weighted by atomic mass is 16.5. The Balaban J connectivity index is 2.73. The van der Waals surface area contributed by atoms with Gasteiger partial charge < -0.3 is 20.8 Å². The van der Waals surface area contributed by atoms with Crippen LogP contribution in [0.25, 0.3) is 0 Å². The second kappa shape index (κ2) is 6.03. The molecule has 0 radical (unpaired) electrons. The molecule has 6 heteroatoms. The summed E-state index contributed by atoms with van der Waals surface area (Å²) in [5.74, 6) is 0.216. The van der Waals surface area contributed by atoms with Gasteiger partial charge in [0.1, 0.15) is 0 Å². The molecule has 1 saturated heterocycles. The molecule has 0 aromatic carbocycles. The minimum atomic E-state index is -0.184. The monoisotopic (exact) mass is 231 g/mol. The number of rotatable bonds is 4. The number of aliphatic hydroxyl groups is 1. The van der Waals surface area contributed by atoms with E-state index < -0.39 is 0 Å². The molecule has 0 saturated carbocycles. The standard InChI is InChI=1S/C10H21N3O3/c1-3-9(10(11)12-15)13-4-8(5-14)16-6-7(13)2/h7-9,14-15H,3-6H2,1-2H3,(H2,11,12). The van der Waals surface area contributed by atoms with E-state index in [9.17, 15) is 0 Å². The van der Waals surface area contributed by atoms with Gasteiger partial charge >= 0.3 is 0 Å². The molecule has 4 N–H and O–H groups in total. The number of hydrogen-bond acceptors (Lipinski definition) is 5. The van der Waals surface area contributed by atoms with Gasteiger partial charge in [0.25, 0.3) is 0 Å². The SMILES string of the molecule is CCC(C(N)=NO)N1CC(CO)OCC1C. The molecule has 1 rings (SSSR count). The normalized spacial score (nSPS) is 30.3. The molecule has 0 bridgehead atoms. The van der Waals surface area contributed by atoms with Gasteiger partial charge in [-0.3, -0.25) is 4.90 Å². The highest BCUT2D eigenvalue weighted by Gasteiger charge is 2.32. The van der Waals surface area contributed by atoms with Crippen LogP contribution in [0.5, 0.6) is 0 Å². The average Bonchev–Trinajstić information content (AvgIpc) is 2.32. The van der Waals surface area contributed by atoms with E-state index in [4.69, 9.17) is 20.8 Å². The predicted molar refractivity (Wildman–Crippen MR) is 60.5 cm³/mol.